The van der Waals surface area contributed by atoms with Gasteiger partial charge in [0.15, 0.2) is 0 Å². The van der Waals surface area contributed by atoms with Gasteiger partial charge in [0.2, 0.25) is 11.9 Å². The summed E-state index contributed by atoms with van der Waals surface area (Å²) in [6.45, 7) is 7.48. The standard InChI is InChI=1S/C35H46N6O3/c1-25(2)23-32(33(42)36-27-13-9-6-10-14-27)41(28-15-17-29(44-4)18-16-28)34(43)31-24-30(26-11-7-5-8-12-26)37-35(38-31)40-21-19-39(3)20-22-40/h5,7-8,11-12,15-18,24-25,27,32H,6,9-10,13-14,19-23H2,1-4H3,(H,36,42). The van der Waals surface area contributed by atoms with E-state index in [2.05, 4.69) is 36.0 Å². The molecule has 2 aromatic carbocycles. The predicted molar refractivity (Wildman–Crippen MR) is 175 cm³/mol. The number of carbonyl (C=O) groups is 2. The van der Waals surface area contributed by atoms with Crippen LogP contribution in [0.1, 0.15) is 62.9 Å². The van der Waals surface area contributed by atoms with Gasteiger partial charge in [-0.3, -0.25) is 14.5 Å². The molecule has 9 heteroatoms. The van der Waals surface area contributed by atoms with Crippen LogP contribution in [0.5, 0.6) is 5.75 Å². The van der Waals surface area contributed by atoms with Crippen LogP contribution in [-0.2, 0) is 4.79 Å². The molecule has 0 spiro atoms. The molecule has 1 aliphatic heterocycles. The van der Waals surface area contributed by atoms with Crippen molar-refractivity contribution in [3.8, 4) is 17.0 Å². The fourth-order valence-corrected chi connectivity index (χ4v) is 6.07. The summed E-state index contributed by atoms with van der Waals surface area (Å²) in [5.74, 6) is 0.946. The first-order valence-corrected chi connectivity index (χ1v) is 16.0. The van der Waals surface area contributed by atoms with E-state index in [1.54, 1.807) is 18.1 Å². The summed E-state index contributed by atoms with van der Waals surface area (Å²) in [5, 5.41) is 3.30. The summed E-state index contributed by atoms with van der Waals surface area (Å²) < 4.78 is 5.41. The maximum Gasteiger partial charge on any atom is 0.277 e. The van der Waals surface area contributed by atoms with Gasteiger partial charge in [0.05, 0.1) is 12.8 Å². The van der Waals surface area contributed by atoms with Crippen molar-refractivity contribution in [2.75, 3.05) is 50.1 Å². The highest BCUT2D eigenvalue weighted by Gasteiger charge is 2.35. The minimum absolute atomic E-state index is 0.119. The quantitative estimate of drug-likeness (QED) is 0.334. The minimum Gasteiger partial charge on any atom is -0.497 e. The number of nitrogens with one attached hydrogen (secondary N) is 1. The molecule has 1 N–H and O–H groups in total. The number of carbonyl (C=O) groups excluding carboxylic acids is 2. The highest BCUT2D eigenvalue weighted by atomic mass is 16.5. The molecule has 1 saturated carbocycles. The van der Waals surface area contributed by atoms with Crippen LogP contribution in [-0.4, -0.2) is 79.1 Å². The van der Waals surface area contributed by atoms with Crippen LogP contribution < -0.4 is 19.9 Å². The Morgan fingerprint density at radius 2 is 1.64 bits per heavy atom. The van der Waals surface area contributed by atoms with Crippen LogP contribution >= 0.6 is 0 Å². The molecule has 0 bridgehead atoms. The average molecular weight is 599 g/mol. The Labute approximate surface area is 261 Å². The Kier molecular flexibility index (Phi) is 10.5. The van der Waals surface area contributed by atoms with E-state index in [-0.39, 0.29) is 29.5 Å². The largest absolute Gasteiger partial charge is 0.497 e. The van der Waals surface area contributed by atoms with E-state index in [1.807, 2.05) is 54.6 Å². The van der Waals surface area contributed by atoms with E-state index in [4.69, 9.17) is 14.7 Å². The Hall–Kier alpha value is -3.98. The predicted octanol–water partition coefficient (Wildman–Crippen LogP) is 5.41. The van der Waals surface area contributed by atoms with Gasteiger partial charge in [-0.25, -0.2) is 9.97 Å². The van der Waals surface area contributed by atoms with Crippen LogP contribution in [0.3, 0.4) is 0 Å². The first kappa shape index (κ1) is 31.4. The number of hydrogen-bond acceptors (Lipinski definition) is 7. The molecule has 2 fully saturated rings. The summed E-state index contributed by atoms with van der Waals surface area (Å²) >= 11 is 0. The van der Waals surface area contributed by atoms with Crippen LogP contribution in [0.25, 0.3) is 11.3 Å². The molecule has 2 aliphatic rings. The van der Waals surface area contributed by atoms with Crippen molar-refractivity contribution in [3.05, 3.63) is 66.4 Å². The Morgan fingerprint density at radius 1 is 0.955 bits per heavy atom. The number of rotatable bonds is 10. The van der Waals surface area contributed by atoms with Gasteiger partial charge in [-0.05, 0) is 62.6 Å². The number of methoxy groups -OCH3 is 1. The van der Waals surface area contributed by atoms with Crippen LogP contribution in [0.4, 0.5) is 11.6 Å². The van der Waals surface area contributed by atoms with E-state index in [1.165, 1.54) is 6.42 Å². The van der Waals surface area contributed by atoms with Crippen LogP contribution in [0.15, 0.2) is 60.7 Å². The number of benzene rings is 2. The minimum atomic E-state index is -0.708. The Balaban J connectivity index is 1.58. The lowest BCUT2D eigenvalue weighted by atomic mass is 9.94. The lowest BCUT2D eigenvalue weighted by Gasteiger charge is -2.35. The second kappa shape index (κ2) is 14.7. The number of amides is 2. The number of piperazine rings is 1. The van der Waals surface area contributed by atoms with Crippen molar-refractivity contribution in [3.63, 3.8) is 0 Å². The normalized spacial score (nSPS) is 16.9. The van der Waals surface area contributed by atoms with Crippen molar-refractivity contribution in [1.29, 1.82) is 0 Å². The molecule has 5 rings (SSSR count). The van der Waals surface area contributed by atoms with Gasteiger partial charge in [-0.15, -0.1) is 0 Å². The molecule has 2 amide bonds. The number of ether oxygens (including phenoxy) is 1. The SMILES string of the molecule is COc1ccc(N(C(=O)c2cc(-c3ccccc3)nc(N3CCN(C)CC3)n2)C(CC(C)C)C(=O)NC2CCCCC2)cc1. The first-order chi connectivity index (χ1) is 21.3. The zero-order chi connectivity index (χ0) is 31.1. The maximum absolute atomic E-state index is 14.8. The fraction of sp³-hybridized carbons (Fsp3) is 0.486. The number of anilines is 2. The third-order valence-corrected chi connectivity index (χ3v) is 8.62. The van der Waals surface area contributed by atoms with Gasteiger partial charge in [0.25, 0.3) is 5.91 Å². The number of hydrogen-bond donors (Lipinski definition) is 1. The van der Waals surface area contributed by atoms with Gasteiger partial charge >= 0.3 is 0 Å². The smallest absolute Gasteiger partial charge is 0.277 e. The number of aromatic nitrogens is 2. The van der Waals surface area contributed by atoms with E-state index in [0.29, 0.717) is 29.5 Å². The topological polar surface area (TPSA) is 90.9 Å². The molecular formula is C35H46N6O3. The van der Waals surface area contributed by atoms with Crippen LogP contribution in [0.2, 0.25) is 0 Å². The van der Waals surface area contributed by atoms with Crippen molar-refractivity contribution in [2.24, 2.45) is 5.92 Å². The summed E-state index contributed by atoms with van der Waals surface area (Å²) in [6.07, 6.45) is 5.87. The lowest BCUT2D eigenvalue weighted by Crippen LogP contribution is -2.53. The molecule has 3 aromatic rings. The molecule has 1 atom stereocenters. The molecule has 1 aliphatic carbocycles. The van der Waals surface area contributed by atoms with E-state index < -0.39 is 6.04 Å². The van der Waals surface area contributed by atoms with E-state index in [9.17, 15) is 9.59 Å². The van der Waals surface area contributed by atoms with Crippen molar-refractivity contribution >= 4 is 23.5 Å². The Morgan fingerprint density at radius 3 is 2.27 bits per heavy atom. The van der Waals surface area contributed by atoms with Crippen molar-refractivity contribution in [2.45, 2.75) is 64.5 Å². The average Bonchev–Trinajstić information content (AvgIpc) is 3.05. The number of nitrogens with zero attached hydrogens (tertiary/aromatic N) is 5. The molecule has 234 valence electrons. The summed E-state index contributed by atoms with van der Waals surface area (Å²) in [5.41, 5.74) is 2.48. The fourth-order valence-electron chi connectivity index (χ4n) is 6.07. The third-order valence-electron chi connectivity index (χ3n) is 8.62. The first-order valence-electron chi connectivity index (χ1n) is 16.0. The Bertz CT molecular complexity index is 1380. The summed E-state index contributed by atoms with van der Waals surface area (Å²) in [7, 11) is 3.72. The highest BCUT2D eigenvalue weighted by molar-refractivity contribution is 6.09. The molecule has 1 unspecified atom stereocenters. The zero-order valence-corrected chi connectivity index (χ0v) is 26.5. The molecular weight excluding hydrogens is 552 g/mol. The molecule has 1 aromatic heterocycles. The molecule has 44 heavy (non-hydrogen) atoms. The zero-order valence-electron chi connectivity index (χ0n) is 26.5. The van der Waals surface area contributed by atoms with Gasteiger partial charge < -0.3 is 19.9 Å². The van der Waals surface area contributed by atoms with Gasteiger partial charge in [0, 0.05) is 43.5 Å². The lowest BCUT2D eigenvalue weighted by molar-refractivity contribution is -0.123. The molecule has 9 nitrogen and oxygen atoms in total. The van der Waals surface area contributed by atoms with Crippen molar-refractivity contribution < 1.29 is 14.3 Å². The molecule has 1 saturated heterocycles. The monoisotopic (exact) mass is 598 g/mol. The third kappa shape index (κ3) is 7.75. The van der Waals surface area contributed by atoms with E-state index >= 15 is 0 Å². The number of likely N-dealkylation sites (N-methyl/N-ethyl adjacent to an activating group) is 1. The second-order valence-corrected chi connectivity index (χ2v) is 12.5. The van der Waals surface area contributed by atoms with Gasteiger partial charge in [-0.1, -0.05) is 63.4 Å². The molecule has 0 radical (unpaired) electrons. The summed E-state index contributed by atoms with van der Waals surface area (Å²) in [4.78, 5) is 44.7. The maximum atomic E-state index is 14.8. The van der Waals surface area contributed by atoms with Gasteiger partial charge in [-0.2, -0.15) is 0 Å². The summed E-state index contributed by atoms with van der Waals surface area (Å²) in [6, 6.07) is 18.4. The van der Waals surface area contributed by atoms with E-state index in [0.717, 1.165) is 57.4 Å². The second-order valence-electron chi connectivity index (χ2n) is 12.5. The highest BCUT2D eigenvalue weighted by Crippen LogP contribution is 2.29. The van der Waals surface area contributed by atoms with Gasteiger partial charge in [0.1, 0.15) is 17.5 Å². The van der Waals surface area contributed by atoms with Crippen molar-refractivity contribution in [1.82, 2.24) is 20.2 Å². The van der Waals surface area contributed by atoms with Crippen LogP contribution in [0, 0.1) is 5.92 Å². The molecule has 2 heterocycles.